The molecule has 8 heteroatoms. The van der Waals surface area contributed by atoms with Crippen molar-refractivity contribution in [2.75, 3.05) is 29.9 Å². The predicted molar refractivity (Wildman–Crippen MR) is 86.9 cm³/mol. The molecule has 124 valence electrons. The summed E-state index contributed by atoms with van der Waals surface area (Å²) >= 11 is 0. The molecule has 0 bridgehead atoms. The molecule has 1 saturated heterocycles. The lowest BCUT2D eigenvalue weighted by Crippen LogP contribution is -2.48. The summed E-state index contributed by atoms with van der Waals surface area (Å²) in [6.45, 7) is 0.560. The van der Waals surface area contributed by atoms with Crippen LogP contribution in [-0.2, 0) is 14.4 Å². The highest BCUT2D eigenvalue weighted by Crippen LogP contribution is 2.29. The molecule has 2 aliphatic rings. The Morgan fingerprint density at radius 3 is 2.78 bits per heavy atom. The van der Waals surface area contributed by atoms with Gasteiger partial charge in [-0.3, -0.25) is 24.2 Å². The normalized spacial score (nSPS) is 20.4. The highest BCUT2D eigenvalue weighted by molar-refractivity contribution is 6.10. The second-order valence-electron chi connectivity index (χ2n) is 5.51. The van der Waals surface area contributed by atoms with Crippen molar-refractivity contribution in [3.8, 4) is 0 Å². The first-order valence-electron chi connectivity index (χ1n) is 7.22. The number of amides is 2. The Morgan fingerprint density at radius 2 is 2.04 bits per heavy atom. The van der Waals surface area contributed by atoms with Crippen molar-refractivity contribution < 1.29 is 19.5 Å². The number of benzene rings is 1. The van der Waals surface area contributed by atoms with E-state index in [2.05, 4.69) is 5.32 Å². The predicted octanol–water partition coefficient (Wildman–Crippen LogP) is 0.942. The van der Waals surface area contributed by atoms with Gasteiger partial charge in [-0.2, -0.15) is 0 Å². The van der Waals surface area contributed by atoms with Gasteiger partial charge in [0.2, 0.25) is 11.8 Å². The Balaban J connectivity index is 0.00000192. The highest BCUT2D eigenvalue weighted by atomic mass is 35.5. The van der Waals surface area contributed by atoms with E-state index >= 15 is 0 Å². The minimum absolute atomic E-state index is 0. The third-order valence-electron chi connectivity index (χ3n) is 4.06. The number of anilines is 2. The van der Waals surface area contributed by atoms with Gasteiger partial charge in [0.05, 0.1) is 17.9 Å². The van der Waals surface area contributed by atoms with Crippen LogP contribution in [-0.4, -0.2) is 53.5 Å². The second kappa shape index (κ2) is 6.97. The van der Waals surface area contributed by atoms with Crippen molar-refractivity contribution in [2.24, 2.45) is 0 Å². The fourth-order valence-electron chi connectivity index (χ4n) is 3.01. The average Bonchev–Trinajstić information content (AvgIpc) is 2.94. The maximum absolute atomic E-state index is 12.5. The molecular weight excluding hydrogens is 322 g/mol. The number of carboxylic acids is 1. The fourth-order valence-corrected chi connectivity index (χ4v) is 3.01. The zero-order chi connectivity index (χ0) is 15.7. The summed E-state index contributed by atoms with van der Waals surface area (Å²) in [7, 11) is 0. The summed E-state index contributed by atoms with van der Waals surface area (Å²) < 4.78 is 0. The molecule has 2 aliphatic heterocycles. The smallest absolute Gasteiger partial charge is 0.320 e. The maximum Gasteiger partial charge on any atom is 0.320 e. The van der Waals surface area contributed by atoms with Crippen molar-refractivity contribution in [1.29, 1.82) is 0 Å². The van der Waals surface area contributed by atoms with Crippen molar-refractivity contribution in [3.63, 3.8) is 0 Å². The van der Waals surface area contributed by atoms with Gasteiger partial charge in [0.1, 0.15) is 12.6 Å². The molecule has 1 aromatic carbocycles. The molecule has 0 aromatic heterocycles. The first-order chi connectivity index (χ1) is 10.6. The molecule has 0 radical (unpaired) electrons. The standard InChI is InChI=1S/C15H17N3O4.ClH/c19-13-8-18(11-5-2-1-4-10(11)16-13)14(20)9-17-7-3-6-12(17)15(21)22;/h1-2,4-5,12H,3,6-9H2,(H,16,19)(H,21,22);1H/t12-;/m0./s1. The lowest BCUT2D eigenvalue weighted by Gasteiger charge is -2.31. The molecule has 1 aromatic rings. The van der Waals surface area contributed by atoms with Gasteiger partial charge in [0.25, 0.3) is 0 Å². The Kier molecular flexibility index (Phi) is 5.23. The van der Waals surface area contributed by atoms with Crippen LogP contribution >= 0.6 is 12.4 Å². The lowest BCUT2D eigenvalue weighted by molar-refractivity contribution is -0.142. The summed E-state index contributed by atoms with van der Waals surface area (Å²) in [5, 5.41) is 11.9. The zero-order valence-corrected chi connectivity index (χ0v) is 13.2. The highest BCUT2D eigenvalue weighted by Gasteiger charge is 2.34. The molecule has 0 spiro atoms. The van der Waals surface area contributed by atoms with Gasteiger partial charge >= 0.3 is 5.97 Å². The average molecular weight is 340 g/mol. The minimum atomic E-state index is -0.901. The van der Waals surface area contributed by atoms with E-state index in [-0.39, 0.29) is 37.3 Å². The van der Waals surface area contributed by atoms with Gasteiger partial charge in [-0.05, 0) is 31.5 Å². The monoisotopic (exact) mass is 339 g/mol. The number of nitrogens with one attached hydrogen (secondary N) is 1. The van der Waals surface area contributed by atoms with Gasteiger partial charge in [0.15, 0.2) is 0 Å². The zero-order valence-electron chi connectivity index (χ0n) is 12.4. The van der Waals surface area contributed by atoms with Crippen LogP contribution in [0.1, 0.15) is 12.8 Å². The first kappa shape index (κ1) is 17.2. The summed E-state index contributed by atoms with van der Waals surface area (Å²) in [4.78, 5) is 38.6. The summed E-state index contributed by atoms with van der Waals surface area (Å²) in [5.41, 5.74) is 1.25. The number of carbonyl (C=O) groups is 3. The number of likely N-dealkylation sites (tertiary alicyclic amines) is 1. The van der Waals surface area contributed by atoms with Crippen molar-refractivity contribution in [2.45, 2.75) is 18.9 Å². The van der Waals surface area contributed by atoms with Crippen LogP contribution < -0.4 is 10.2 Å². The molecule has 7 nitrogen and oxygen atoms in total. The van der Waals surface area contributed by atoms with Gasteiger partial charge in [0, 0.05) is 0 Å². The molecule has 2 heterocycles. The number of hydrogen-bond acceptors (Lipinski definition) is 4. The largest absolute Gasteiger partial charge is 0.480 e. The summed E-state index contributed by atoms with van der Waals surface area (Å²) in [6, 6.07) is 6.48. The molecule has 0 saturated carbocycles. The number of aliphatic carboxylic acids is 1. The Labute approximate surface area is 139 Å². The molecule has 23 heavy (non-hydrogen) atoms. The number of nitrogens with zero attached hydrogens (tertiary/aromatic N) is 2. The number of rotatable bonds is 3. The molecule has 2 N–H and O–H groups in total. The van der Waals surface area contributed by atoms with Crippen LogP contribution in [0.4, 0.5) is 11.4 Å². The van der Waals surface area contributed by atoms with E-state index in [1.54, 1.807) is 29.2 Å². The Hall–Kier alpha value is -2.12. The maximum atomic E-state index is 12.5. The van der Waals surface area contributed by atoms with Crippen molar-refractivity contribution in [1.82, 2.24) is 4.90 Å². The number of carboxylic acid groups (broad SMARTS) is 1. The minimum Gasteiger partial charge on any atom is -0.480 e. The molecule has 1 atom stereocenters. The number of fused-ring (bicyclic) bond motifs is 1. The van der Waals surface area contributed by atoms with Gasteiger partial charge in [-0.15, -0.1) is 12.4 Å². The number of carbonyl (C=O) groups excluding carboxylic acids is 2. The molecular formula is C15H18ClN3O4. The van der Waals surface area contributed by atoms with E-state index in [4.69, 9.17) is 0 Å². The topological polar surface area (TPSA) is 90.0 Å². The number of halogens is 1. The molecule has 3 rings (SSSR count). The molecule has 2 amide bonds. The van der Waals surface area contributed by atoms with Crippen molar-refractivity contribution >= 4 is 41.6 Å². The molecule has 0 unspecified atom stereocenters. The second-order valence-corrected chi connectivity index (χ2v) is 5.51. The van der Waals surface area contributed by atoms with E-state index in [1.807, 2.05) is 0 Å². The van der Waals surface area contributed by atoms with Crippen LogP contribution in [0, 0.1) is 0 Å². The summed E-state index contributed by atoms with van der Waals surface area (Å²) in [5.74, 6) is -1.40. The van der Waals surface area contributed by atoms with Gasteiger partial charge < -0.3 is 10.4 Å². The number of hydrogen-bond donors (Lipinski definition) is 2. The molecule has 0 aliphatic carbocycles. The lowest BCUT2D eigenvalue weighted by atomic mass is 10.2. The fraction of sp³-hybridized carbons (Fsp3) is 0.400. The van der Waals surface area contributed by atoms with Crippen LogP contribution in [0.3, 0.4) is 0 Å². The third kappa shape index (κ3) is 3.46. The van der Waals surface area contributed by atoms with Crippen LogP contribution in [0.2, 0.25) is 0 Å². The van der Waals surface area contributed by atoms with E-state index in [0.29, 0.717) is 24.3 Å². The van der Waals surface area contributed by atoms with Crippen LogP contribution in [0.5, 0.6) is 0 Å². The van der Waals surface area contributed by atoms with E-state index in [1.165, 1.54) is 4.90 Å². The van der Waals surface area contributed by atoms with E-state index in [9.17, 15) is 19.5 Å². The summed E-state index contributed by atoms with van der Waals surface area (Å²) in [6.07, 6.45) is 1.32. The quantitative estimate of drug-likeness (QED) is 0.855. The number of para-hydroxylation sites is 2. The molecule has 1 fully saturated rings. The third-order valence-corrected chi connectivity index (χ3v) is 4.06. The first-order valence-corrected chi connectivity index (χ1v) is 7.22. The van der Waals surface area contributed by atoms with Gasteiger partial charge in [-0.25, -0.2) is 0 Å². The van der Waals surface area contributed by atoms with E-state index in [0.717, 1.165) is 6.42 Å². The van der Waals surface area contributed by atoms with E-state index < -0.39 is 12.0 Å². The van der Waals surface area contributed by atoms with Crippen molar-refractivity contribution in [3.05, 3.63) is 24.3 Å². The SMILES string of the molecule is Cl.O=C1CN(C(=O)CN2CCC[C@H]2C(=O)O)c2ccccc2N1. The Morgan fingerprint density at radius 1 is 1.30 bits per heavy atom. The Bertz CT molecular complexity index is 637. The van der Waals surface area contributed by atoms with Crippen LogP contribution in [0.25, 0.3) is 0 Å². The van der Waals surface area contributed by atoms with Crippen LogP contribution in [0.15, 0.2) is 24.3 Å². The van der Waals surface area contributed by atoms with Gasteiger partial charge in [-0.1, -0.05) is 12.1 Å².